The van der Waals surface area contributed by atoms with E-state index in [0.717, 1.165) is 31.7 Å². The van der Waals surface area contributed by atoms with Crippen LogP contribution in [0.25, 0.3) is 10.7 Å². The SMILES string of the molecule is CCn1c(SCC(=O)Nc2cccc(I)c2)nnc1-c1cccs1. The van der Waals surface area contributed by atoms with E-state index in [9.17, 15) is 4.79 Å². The number of benzene rings is 1. The van der Waals surface area contributed by atoms with Gasteiger partial charge in [0.05, 0.1) is 10.6 Å². The van der Waals surface area contributed by atoms with Gasteiger partial charge in [-0.2, -0.15) is 0 Å². The normalized spacial score (nSPS) is 10.8. The van der Waals surface area contributed by atoms with E-state index in [1.807, 2.05) is 46.3 Å². The highest BCUT2D eigenvalue weighted by atomic mass is 127. The number of nitrogens with zero attached hydrogens (tertiary/aromatic N) is 3. The number of anilines is 1. The van der Waals surface area contributed by atoms with Gasteiger partial charge in [-0.15, -0.1) is 21.5 Å². The molecule has 0 saturated heterocycles. The quantitative estimate of drug-likeness (QED) is 0.430. The molecule has 5 nitrogen and oxygen atoms in total. The summed E-state index contributed by atoms with van der Waals surface area (Å²) in [5.41, 5.74) is 0.809. The maximum absolute atomic E-state index is 12.1. The van der Waals surface area contributed by atoms with Gasteiger partial charge in [-0.05, 0) is 59.2 Å². The molecule has 1 amide bonds. The molecule has 0 fully saturated rings. The number of thioether (sulfide) groups is 1. The Morgan fingerprint density at radius 2 is 2.21 bits per heavy atom. The first-order valence-electron chi connectivity index (χ1n) is 7.32. The van der Waals surface area contributed by atoms with Gasteiger partial charge in [0.2, 0.25) is 5.91 Å². The monoisotopic (exact) mass is 470 g/mol. The number of rotatable bonds is 6. The van der Waals surface area contributed by atoms with Gasteiger partial charge >= 0.3 is 0 Å². The second-order valence-corrected chi connectivity index (χ2v) is 8.01. The lowest BCUT2D eigenvalue weighted by Crippen LogP contribution is -2.14. The van der Waals surface area contributed by atoms with Crippen molar-refractivity contribution in [1.82, 2.24) is 14.8 Å². The first-order chi connectivity index (χ1) is 11.7. The number of thiophene rings is 1. The van der Waals surface area contributed by atoms with E-state index >= 15 is 0 Å². The van der Waals surface area contributed by atoms with Crippen LogP contribution in [0.4, 0.5) is 5.69 Å². The Morgan fingerprint density at radius 3 is 2.92 bits per heavy atom. The van der Waals surface area contributed by atoms with Gasteiger partial charge < -0.3 is 9.88 Å². The van der Waals surface area contributed by atoms with E-state index in [0.29, 0.717) is 5.75 Å². The minimum atomic E-state index is -0.0506. The molecule has 0 aliphatic heterocycles. The molecule has 0 radical (unpaired) electrons. The summed E-state index contributed by atoms with van der Waals surface area (Å²) in [5.74, 6) is 1.10. The second kappa shape index (κ2) is 8.13. The van der Waals surface area contributed by atoms with Gasteiger partial charge in [-0.3, -0.25) is 4.79 Å². The Hall–Kier alpha value is -1.39. The van der Waals surface area contributed by atoms with Crippen LogP contribution in [-0.2, 0) is 11.3 Å². The molecule has 3 aromatic rings. The van der Waals surface area contributed by atoms with E-state index < -0.39 is 0 Å². The zero-order chi connectivity index (χ0) is 16.9. The van der Waals surface area contributed by atoms with Crippen molar-refractivity contribution in [3.63, 3.8) is 0 Å². The van der Waals surface area contributed by atoms with Crippen molar-refractivity contribution in [3.05, 3.63) is 45.3 Å². The van der Waals surface area contributed by atoms with Gasteiger partial charge in [0, 0.05) is 15.8 Å². The van der Waals surface area contributed by atoms with Gasteiger partial charge in [0.15, 0.2) is 11.0 Å². The third-order valence-corrected chi connectivity index (χ3v) is 5.72. The van der Waals surface area contributed by atoms with Crippen LogP contribution in [0.3, 0.4) is 0 Å². The molecule has 1 N–H and O–H groups in total. The smallest absolute Gasteiger partial charge is 0.234 e. The number of aromatic nitrogens is 3. The van der Waals surface area contributed by atoms with Gasteiger partial charge in [0.1, 0.15) is 0 Å². The van der Waals surface area contributed by atoms with Crippen molar-refractivity contribution in [2.45, 2.75) is 18.6 Å². The third kappa shape index (κ3) is 4.17. The van der Waals surface area contributed by atoms with Crippen molar-refractivity contribution in [3.8, 4) is 10.7 Å². The highest BCUT2D eigenvalue weighted by Gasteiger charge is 2.15. The maximum Gasteiger partial charge on any atom is 0.234 e. The van der Waals surface area contributed by atoms with Crippen LogP contribution in [0.1, 0.15) is 6.92 Å². The van der Waals surface area contributed by atoms with E-state index in [2.05, 4.69) is 45.0 Å². The van der Waals surface area contributed by atoms with E-state index in [4.69, 9.17) is 0 Å². The molecule has 0 aliphatic rings. The Bertz CT molecular complexity index is 832. The number of carbonyl (C=O) groups excluding carboxylic acids is 1. The molecule has 0 atom stereocenters. The molecule has 0 spiro atoms. The summed E-state index contributed by atoms with van der Waals surface area (Å²) in [6.45, 7) is 2.82. The standard InChI is InChI=1S/C16H15IN4OS2/c1-2-21-15(13-7-4-8-23-13)19-20-16(21)24-10-14(22)18-12-6-3-5-11(17)9-12/h3-9H,2,10H2,1H3,(H,18,22). The number of amides is 1. The third-order valence-electron chi connectivity index (χ3n) is 3.22. The molecule has 1 aromatic carbocycles. The van der Waals surface area contributed by atoms with Crippen LogP contribution in [-0.4, -0.2) is 26.4 Å². The molecule has 2 heterocycles. The summed E-state index contributed by atoms with van der Waals surface area (Å²) in [6, 6.07) is 11.8. The number of hydrogen-bond donors (Lipinski definition) is 1. The fourth-order valence-electron chi connectivity index (χ4n) is 2.16. The summed E-state index contributed by atoms with van der Waals surface area (Å²) < 4.78 is 3.12. The Labute approximate surface area is 162 Å². The van der Waals surface area contributed by atoms with Crippen LogP contribution in [0.5, 0.6) is 0 Å². The number of halogens is 1. The average molecular weight is 470 g/mol. The Morgan fingerprint density at radius 1 is 1.33 bits per heavy atom. The van der Waals surface area contributed by atoms with Crippen LogP contribution in [0, 0.1) is 3.57 Å². The summed E-state index contributed by atoms with van der Waals surface area (Å²) in [5, 5.41) is 14.2. The molecule has 0 aliphatic carbocycles. The van der Waals surface area contributed by atoms with E-state index in [1.54, 1.807) is 11.3 Å². The van der Waals surface area contributed by atoms with Crippen LogP contribution >= 0.6 is 45.7 Å². The summed E-state index contributed by atoms with van der Waals surface area (Å²) in [4.78, 5) is 13.2. The predicted octanol–water partition coefficient (Wildman–Crippen LogP) is 4.36. The Kier molecular flexibility index (Phi) is 5.90. The molecule has 0 bridgehead atoms. The highest BCUT2D eigenvalue weighted by Crippen LogP contribution is 2.27. The number of hydrogen-bond acceptors (Lipinski definition) is 5. The molecule has 3 rings (SSSR count). The molecular weight excluding hydrogens is 455 g/mol. The molecule has 2 aromatic heterocycles. The molecule has 24 heavy (non-hydrogen) atoms. The first kappa shape index (κ1) is 17.4. The van der Waals surface area contributed by atoms with Gasteiger partial charge in [-0.1, -0.05) is 23.9 Å². The largest absolute Gasteiger partial charge is 0.325 e. The predicted molar refractivity (Wildman–Crippen MR) is 108 cm³/mol. The van der Waals surface area contributed by atoms with Crippen LogP contribution in [0.2, 0.25) is 0 Å². The fourth-order valence-corrected chi connectivity index (χ4v) is 4.22. The minimum Gasteiger partial charge on any atom is -0.325 e. The van der Waals surface area contributed by atoms with Gasteiger partial charge in [-0.25, -0.2) is 0 Å². The lowest BCUT2D eigenvalue weighted by atomic mass is 10.3. The fraction of sp³-hybridized carbons (Fsp3) is 0.188. The van der Waals surface area contributed by atoms with E-state index in [1.165, 1.54) is 11.8 Å². The topological polar surface area (TPSA) is 59.8 Å². The lowest BCUT2D eigenvalue weighted by molar-refractivity contribution is -0.113. The Balaban J connectivity index is 1.65. The maximum atomic E-state index is 12.1. The zero-order valence-electron chi connectivity index (χ0n) is 12.9. The highest BCUT2D eigenvalue weighted by molar-refractivity contribution is 14.1. The average Bonchev–Trinajstić information content (AvgIpc) is 3.21. The summed E-state index contributed by atoms with van der Waals surface area (Å²) >= 11 is 5.26. The van der Waals surface area contributed by atoms with Crippen LogP contribution < -0.4 is 5.32 Å². The van der Waals surface area contributed by atoms with E-state index in [-0.39, 0.29) is 5.91 Å². The molecule has 0 saturated carbocycles. The van der Waals surface area contributed by atoms with Crippen molar-refractivity contribution >= 4 is 57.3 Å². The summed E-state index contributed by atoms with van der Waals surface area (Å²) in [6.07, 6.45) is 0. The minimum absolute atomic E-state index is 0.0506. The van der Waals surface area contributed by atoms with Crippen molar-refractivity contribution in [1.29, 1.82) is 0 Å². The molecule has 8 heteroatoms. The molecular formula is C16H15IN4OS2. The summed E-state index contributed by atoms with van der Waals surface area (Å²) in [7, 11) is 0. The van der Waals surface area contributed by atoms with Crippen LogP contribution in [0.15, 0.2) is 46.9 Å². The van der Waals surface area contributed by atoms with Gasteiger partial charge in [0.25, 0.3) is 0 Å². The van der Waals surface area contributed by atoms with Crippen molar-refractivity contribution in [2.75, 3.05) is 11.1 Å². The number of nitrogens with one attached hydrogen (secondary N) is 1. The van der Waals surface area contributed by atoms with Crippen molar-refractivity contribution in [2.24, 2.45) is 0 Å². The molecule has 0 unspecified atom stereocenters. The number of carbonyl (C=O) groups is 1. The first-order valence-corrected chi connectivity index (χ1v) is 10.3. The van der Waals surface area contributed by atoms with Crippen molar-refractivity contribution < 1.29 is 4.79 Å². The zero-order valence-corrected chi connectivity index (χ0v) is 16.7. The molecule has 124 valence electrons. The lowest BCUT2D eigenvalue weighted by Gasteiger charge is -2.07. The second-order valence-electron chi connectivity index (χ2n) is 4.87.